The third-order valence-corrected chi connectivity index (χ3v) is 7.06. The number of nitrogens with zero attached hydrogens (tertiary/aromatic N) is 1. The Morgan fingerprint density at radius 3 is 2.61 bits per heavy atom. The number of carbonyl (C=O) groups excluding carboxylic acids is 1. The Bertz CT molecular complexity index is 1340. The van der Waals surface area contributed by atoms with Crippen molar-refractivity contribution in [3.05, 3.63) is 73.5 Å². The van der Waals surface area contributed by atoms with Gasteiger partial charge < -0.3 is 9.72 Å². The lowest BCUT2D eigenvalue weighted by Gasteiger charge is -2.09. The van der Waals surface area contributed by atoms with E-state index in [4.69, 9.17) is 4.74 Å². The molecule has 3 aromatic rings. The first-order chi connectivity index (χ1) is 15.4. The molecule has 0 radical (unpaired) electrons. The van der Waals surface area contributed by atoms with Crippen LogP contribution >= 0.6 is 11.3 Å². The van der Waals surface area contributed by atoms with Crippen molar-refractivity contribution < 1.29 is 31.1 Å². The van der Waals surface area contributed by atoms with Gasteiger partial charge in [0.2, 0.25) is 0 Å². The van der Waals surface area contributed by atoms with Crippen molar-refractivity contribution in [2.24, 2.45) is 0 Å². The number of halogens is 3. The highest BCUT2D eigenvalue weighted by atomic mass is 32.2. The summed E-state index contributed by atoms with van der Waals surface area (Å²) < 4.78 is 68.7. The van der Waals surface area contributed by atoms with Gasteiger partial charge in [0.1, 0.15) is 10.8 Å². The molecule has 0 spiro atoms. The number of pyridine rings is 1. The highest BCUT2D eigenvalue weighted by Crippen LogP contribution is 2.30. The van der Waals surface area contributed by atoms with Crippen molar-refractivity contribution in [1.82, 2.24) is 9.97 Å². The zero-order chi connectivity index (χ0) is 24.4. The van der Waals surface area contributed by atoms with Crippen molar-refractivity contribution in [3.63, 3.8) is 0 Å². The van der Waals surface area contributed by atoms with Gasteiger partial charge >= 0.3 is 12.1 Å². The molecule has 0 aliphatic heterocycles. The summed E-state index contributed by atoms with van der Waals surface area (Å²) >= 11 is 0.987. The summed E-state index contributed by atoms with van der Waals surface area (Å²) in [6.07, 6.45) is -4.58. The van der Waals surface area contributed by atoms with Crippen LogP contribution in [0.3, 0.4) is 0 Å². The lowest BCUT2D eigenvalue weighted by atomic mass is 10.1. The van der Waals surface area contributed by atoms with E-state index in [0.717, 1.165) is 29.5 Å². The zero-order valence-electron chi connectivity index (χ0n) is 17.5. The first kappa shape index (κ1) is 24.6. The largest absolute Gasteiger partial charge is 0.462 e. The predicted octanol–water partition coefficient (Wildman–Crippen LogP) is 4.12. The van der Waals surface area contributed by atoms with Crippen LogP contribution in [-0.4, -0.2) is 31.0 Å². The van der Waals surface area contributed by atoms with Crippen LogP contribution in [0.5, 0.6) is 0 Å². The molecule has 33 heavy (non-hydrogen) atoms. The first-order valence-corrected chi connectivity index (χ1v) is 12.3. The van der Waals surface area contributed by atoms with Crippen LogP contribution in [0.25, 0.3) is 11.3 Å². The summed E-state index contributed by atoms with van der Waals surface area (Å²) in [7, 11) is -3.84. The molecule has 0 aliphatic carbocycles. The Kier molecular flexibility index (Phi) is 7.08. The standard InChI is InChI=1S/C21H19F3N2O5S2/c1-3-31-20(28)15-8-16(19(27)25-12(15)2)17-9-32-18(26-17)11-33(29,30)10-13-5-4-6-14(7-13)21(22,23)24/h4-9H,3,10-11H2,1-2H3,(H,25,27). The lowest BCUT2D eigenvalue weighted by Crippen LogP contribution is -2.16. The number of aryl methyl sites for hydroxylation is 1. The predicted molar refractivity (Wildman–Crippen MR) is 117 cm³/mol. The zero-order valence-corrected chi connectivity index (χ0v) is 19.2. The molecule has 0 fully saturated rings. The number of esters is 1. The molecule has 0 unspecified atom stereocenters. The van der Waals surface area contributed by atoms with Gasteiger partial charge in [0, 0.05) is 11.1 Å². The van der Waals surface area contributed by atoms with Gasteiger partial charge in [-0.15, -0.1) is 11.3 Å². The number of sulfone groups is 1. The van der Waals surface area contributed by atoms with Crippen molar-refractivity contribution in [2.45, 2.75) is 31.5 Å². The smallest absolute Gasteiger partial charge is 0.416 e. The number of alkyl halides is 3. The molecule has 2 heterocycles. The van der Waals surface area contributed by atoms with E-state index in [9.17, 15) is 31.2 Å². The third-order valence-electron chi connectivity index (χ3n) is 4.55. The fraction of sp³-hybridized carbons (Fsp3) is 0.286. The second-order valence-electron chi connectivity index (χ2n) is 7.13. The topological polar surface area (TPSA) is 106 Å². The molecule has 3 rings (SSSR count). The minimum Gasteiger partial charge on any atom is -0.462 e. The van der Waals surface area contributed by atoms with Crippen LogP contribution in [0.4, 0.5) is 13.2 Å². The molecule has 0 atom stereocenters. The number of carbonyl (C=O) groups is 1. The molecule has 2 aromatic heterocycles. The number of hydrogen-bond donors (Lipinski definition) is 1. The number of thiazole rings is 1. The van der Waals surface area contributed by atoms with Crippen LogP contribution < -0.4 is 5.56 Å². The summed E-state index contributed by atoms with van der Waals surface area (Å²) in [5.74, 6) is -1.72. The van der Waals surface area contributed by atoms with Crippen LogP contribution in [0.1, 0.15) is 39.1 Å². The van der Waals surface area contributed by atoms with Gasteiger partial charge in [-0.2, -0.15) is 13.2 Å². The second-order valence-corrected chi connectivity index (χ2v) is 10.1. The number of H-pyrrole nitrogens is 1. The van der Waals surface area contributed by atoms with Crippen LogP contribution in [0.15, 0.2) is 40.5 Å². The number of nitrogens with one attached hydrogen (secondary N) is 1. The van der Waals surface area contributed by atoms with E-state index < -0.39 is 44.6 Å². The number of hydrogen-bond acceptors (Lipinski definition) is 7. The van der Waals surface area contributed by atoms with E-state index in [1.807, 2.05) is 0 Å². The molecule has 0 aliphatic rings. The van der Waals surface area contributed by atoms with Crippen molar-refractivity contribution in [3.8, 4) is 11.3 Å². The highest BCUT2D eigenvalue weighted by molar-refractivity contribution is 7.89. The van der Waals surface area contributed by atoms with Crippen molar-refractivity contribution in [2.75, 3.05) is 6.61 Å². The van der Waals surface area contributed by atoms with E-state index in [1.165, 1.54) is 17.5 Å². The van der Waals surface area contributed by atoms with E-state index in [1.54, 1.807) is 13.8 Å². The molecule has 12 heteroatoms. The molecule has 0 bridgehead atoms. The minimum atomic E-state index is -4.58. The monoisotopic (exact) mass is 500 g/mol. The maximum Gasteiger partial charge on any atom is 0.416 e. The van der Waals surface area contributed by atoms with Gasteiger partial charge in [0.05, 0.1) is 34.7 Å². The number of aromatic nitrogens is 2. The quantitative estimate of drug-likeness (QED) is 0.490. The van der Waals surface area contributed by atoms with Gasteiger partial charge in [0.15, 0.2) is 9.84 Å². The first-order valence-electron chi connectivity index (χ1n) is 9.62. The average molecular weight is 501 g/mol. The fourth-order valence-electron chi connectivity index (χ4n) is 3.07. The van der Waals surface area contributed by atoms with E-state index in [-0.39, 0.29) is 34.0 Å². The van der Waals surface area contributed by atoms with Crippen LogP contribution in [0, 0.1) is 6.92 Å². The molecule has 176 valence electrons. The number of aromatic amines is 1. The number of rotatable bonds is 7. The van der Waals surface area contributed by atoms with Gasteiger partial charge in [-0.25, -0.2) is 18.2 Å². The molecule has 0 saturated carbocycles. The van der Waals surface area contributed by atoms with Gasteiger partial charge in [-0.3, -0.25) is 4.79 Å². The van der Waals surface area contributed by atoms with Gasteiger partial charge in [0.25, 0.3) is 5.56 Å². The Hall–Kier alpha value is -2.99. The van der Waals surface area contributed by atoms with Crippen LogP contribution in [0.2, 0.25) is 0 Å². The second kappa shape index (κ2) is 9.48. The summed E-state index contributed by atoms with van der Waals surface area (Å²) in [6, 6.07) is 5.46. The van der Waals surface area contributed by atoms with Gasteiger partial charge in [-0.1, -0.05) is 18.2 Å². The summed E-state index contributed by atoms with van der Waals surface area (Å²) in [6.45, 7) is 3.34. The Morgan fingerprint density at radius 2 is 1.94 bits per heavy atom. The molecule has 0 saturated heterocycles. The number of ether oxygens (including phenoxy) is 1. The molecule has 0 amide bonds. The summed E-state index contributed by atoms with van der Waals surface area (Å²) in [5.41, 5.74) is -0.709. The van der Waals surface area contributed by atoms with Crippen molar-refractivity contribution in [1.29, 1.82) is 0 Å². The normalized spacial score (nSPS) is 12.0. The molecule has 1 N–H and O–H groups in total. The molecular weight excluding hydrogens is 481 g/mol. The lowest BCUT2D eigenvalue weighted by molar-refractivity contribution is -0.137. The SMILES string of the molecule is CCOC(=O)c1cc(-c2csc(CS(=O)(=O)Cc3cccc(C(F)(F)F)c3)n2)c(=O)[nH]c1C. The van der Waals surface area contributed by atoms with Crippen LogP contribution in [-0.2, 0) is 32.3 Å². The Balaban J connectivity index is 1.83. The minimum absolute atomic E-state index is 0.00987. The average Bonchev–Trinajstić information content (AvgIpc) is 3.14. The van der Waals surface area contributed by atoms with E-state index >= 15 is 0 Å². The Morgan fingerprint density at radius 1 is 1.21 bits per heavy atom. The fourth-order valence-corrected chi connectivity index (χ4v) is 5.69. The van der Waals surface area contributed by atoms with E-state index in [0.29, 0.717) is 5.69 Å². The number of benzene rings is 1. The third kappa shape index (κ3) is 6.08. The summed E-state index contributed by atoms with van der Waals surface area (Å²) in [5, 5.41) is 1.64. The molecule has 1 aromatic carbocycles. The van der Waals surface area contributed by atoms with E-state index in [2.05, 4.69) is 9.97 Å². The van der Waals surface area contributed by atoms with Crippen molar-refractivity contribution >= 4 is 27.1 Å². The van der Waals surface area contributed by atoms with Gasteiger partial charge in [-0.05, 0) is 31.5 Å². The maximum atomic E-state index is 12.9. The molecule has 7 nitrogen and oxygen atoms in total. The maximum absolute atomic E-state index is 12.9. The molecular formula is C21H19F3N2O5S2. The summed E-state index contributed by atoms with van der Waals surface area (Å²) in [4.78, 5) is 31.2. The highest BCUT2D eigenvalue weighted by Gasteiger charge is 2.30. The Labute approximate surface area is 191 Å².